The number of ether oxygens (including phenoxy) is 2. The Morgan fingerprint density at radius 2 is 2.03 bits per heavy atom. The Kier molecular flexibility index (Phi) is 5.38. The summed E-state index contributed by atoms with van der Waals surface area (Å²) in [5.41, 5.74) is 3.36. The second-order valence-corrected chi connectivity index (χ2v) is 7.83. The lowest BCUT2D eigenvalue weighted by atomic mass is 9.96. The van der Waals surface area contributed by atoms with E-state index < -0.39 is 0 Å². The van der Waals surface area contributed by atoms with Gasteiger partial charge in [0, 0.05) is 23.4 Å². The van der Waals surface area contributed by atoms with Crippen LogP contribution in [0.4, 0.5) is 0 Å². The van der Waals surface area contributed by atoms with E-state index in [0.29, 0.717) is 32.0 Å². The zero-order valence-electron chi connectivity index (χ0n) is 16.7. The van der Waals surface area contributed by atoms with Crippen LogP contribution in [0.5, 0.6) is 0 Å². The Balaban J connectivity index is 1.41. The van der Waals surface area contributed by atoms with Crippen LogP contribution in [0.2, 0.25) is 0 Å². The fraction of sp³-hybridized carbons (Fsp3) is 0.450. The molecule has 150 valence electrons. The van der Waals surface area contributed by atoms with Crippen LogP contribution >= 0.6 is 0 Å². The molecule has 29 heavy (non-hydrogen) atoms. The number of rotatable bonds is 4. The van der Waals surface area contributed by atoms with Gasteiger partial charge in [-0.05, 0) is 18.6 Å². The highest BCUT2D eigenvalue weighted by Crippen LogP contribution is 2.24. The molecule has 3 aromatic heterocycles. The average Bonchev–Trinajstić information content (AvgIpc) is 3.36. The summed E-state index contributed by atoms with van der Waals surface area (Å²) in [6, 6.07) is 1.99. The maximum Gasteiger partial charge on any atom is 0.177 e. The molecule has 3 aromatic rings. The van der Waals surface area contributed by atoms with Crippen LogP contribution in [0, 0.1) is 24.2 Å². The maximum atomic E-state index is 5.76. The molecule has 0 radical (unpaired) electrons. The van der Waals surface area contributed by atoms with E-state index in [9.17, 15) is 0 Å². The number of hydrogen-bond donors (Lipinski definition) is 0. The van der Waals surface area contributed by atoms with Crippen molar-refractivity contribution in [1.29, 1.82) is 0 Å². The molecular weight excluding hydrogens is 370 g/mol. The zero-order chi connectivity index (χ0) is 20.3. The predicted octanol–water partition coefficient (Wildman–Crippen LogP) is 1.69. The van der Waals surface area contributed by atoms with Gasteiger partial charge in [0.05, 0.1) is 37.8 Å². The lowest BCUT2D eigenvalue weighted by Crippen LogP contribution is -2.39. The Morgan fingerprint density at radius 3 is 2.76 bits per heavy atom. The number of pyridine rings is 1. The van der Waals surface area contributed by atoms with Gasteiger partial charge in [-0.25, -0.2) is 9.36 Å². The van der Waals surface area contributed by atoms with Crippen molar-refractivity contribution in [2.45, 2.75) is 40.2 Å². The first-order valence-electron chi connectivity index (χ1n) is 9.42. The van der Waals surface area contributed by atoms with Crippen molar-refractivity contribution >= 4 is 0 Å². The van der Waals surface area contributed by atoms with Gasteiger partial charge in [0.1, 0.15) is 12.2 Å². The first-order chi connectivity index (χ1) is 14.0. The van der Waals surface area contributed by atoms with Crippen LogP contribution in [0.3, 0.4) is 0 Å². The highest BCUT2D eigenvalue weighted by molar-refractivity contribution is 5.58. The smallest absolute Gasteiger partial charge is 0.177 e. The molecule has 0 aromatic carbocycles. The first-order valence-corrected chi connectivity index (χ1v) is 9.42. The molecule has 0 bridgehead atoms. The molecule has 1 saturated heterocycles. The summed E-state index contributed by atoms with van der Waals surface area (Å²) in [6.07, 6.45) is 6.69. The predicted molar refractivity (Wildman–Crippen MR) is 104 cm³/mol. The van der Waals surface area contributed by atoms with E-state index in [1.165, 1.54) is 0 Å². The van der Waals surface area contributed by atoms with Crippen molar-refractivity contribution in [2.24, 2.45) is 5.41 Å². The molecule has 4 heterocycles. The molecule has 9 heteroatoms. The fourth-order valence-electron chi connectivity index (χ4n) is 2.93. The molecule has 9 nitrogen and oxygen atoms in total. The van der Waals surface area contributed by atoms with E-state index >= 15 is 0 Å². The van der Waals surface area contributed by atoms with E-state index in [1.54, 1.807) is 28.0 Å². The SMILES string of the molecule is Cc1cc(C#CCn2ccnn2)cnc1-c1cn(CC2OCC(C)(C)CO2)nn1. The van der Waals surface area contributed by atoms with Crippen molar-refractivity contribution in [3.8, 4) is 23.2 Å². The molecule has 0 amide bonds. The average molecular weight is 393 g/mol. The van der Waals surface area contributed by atoms with Crippen molar-refractivity contribution < 1.29 is 9.47 Å². The summed E-state index contributed by atoms with van der Waals surface area (Å²) in [7, 11) is 0. The Bertz CT molecular complexity index is 1020. The minimum Gasteiger partial charge on any atom is -0.350 e. The molecule has 0 N–H and O–H groups in total. The van der Waals surface area contributed by atoms with Gasteiger partial charge in [-0.2, -0.15) is 0 Å². The number of hydrogen-bond acceptors (Lipinski definition) is 7. The zero-order valence-corrected chi connectivity index (χ0v) is 16.7. The summed E-state index contributed by atoms with van der Waals surface area (Å²) in [6.45, 7) is 8.53. The molecule has 1 aliphatic rings. The summed E-state index contributed by atoms with van der Waals surface area (Å²) < 4.78 is 14.9. The van der Waals surface area contributed by atoms with Crippen molar-refractivity contribution in [1.82, 2.24) is 35.0 Å². The second-order valence-electron chi connectivity index (χ2n) is 7.83. The molecule has 0 unspecified atom stereocenters. The van der Waals surface area contributed by atoms with Crippen LogP contribution in [-0.4, -0.2) is 54.5 Å². The van der Waals surface area contributed by atoms with E-state index in [1.807, 2.05) is 19.2 Å². The maximum absolute atomic E-state index is 5.76. The van der Waals surface area contributed by atoms with Crippen molar-refractivity contribution in [3.63, 3.8) is 0 Å². The van der Waals surface area contributed by atoms with E-state index in [2.05, 4.69) is 51.3 Å². The third-order valence-electron chi connectivity index (χ3n) is 4.46. The second kappa shape index (κ2) is 8.11. The molecule has 0 atom stereocenters. The Morgan fingerprint density at radius 1 is 1.21 bits per heavy atom. The lowest BCUT2D eigenvalue weighted by Gasteiger charge is -2.34. The van der Waals surface area contributed by atoms with Crippen LogP contribution in [0.15, 0.2) is 30.9 Å². The van der Waals surface area contributed by atoms with Gasteiger partial charge in [-0.15, -0.1) is 10.2 Å². The summed E-state index contributed by atoms with van der Waals surface area (Å²) in [4.78, 5) is 4.53. The molecule has 0 aliphatic carbocycles. The van der Waals surface area contributed by atoms with E-state index in [4.69, 9.17) is 9.47 Å². The Labute approximate surface area is 169 Å². The molecule has 0 spiro atoms. The van der Waals surface area contributed by atoms with Gasteiger partial charge >= 0.3 is 0 Å². The third kappa shape index (κ3) is 4.85. The largest absolute Gasteiger partial charge is 0.350 e. The molecule has 1 fully saturated rings. The highest BCUT2D eigenvalue weighted by atomic mass is 16.7. The van der Waals surface area contributed by atoms with Crippen LogP contribution in [0.1, 0.15) is 25.0 Å². The Hall–Kier alpha value is -3.09. The third-order valence-corrected chi connectivity index (χ3v) is 4.46. The number of aryl methyl sites for hydroxylation is 1. The van der Waals surface area contributed by atoms with Crippen LogP contribution in [0.25, 0.3) is 11.4 Å². The van der Waals surface area contributed by atoms with Gasteiger partial charge in [0.25, 0.3) is 0 Å². The van der Waals surface area contributed by atoms with E-state index in [0.717, 1.165) is 16.8 Å². The minimum absolute atomic E-state index is 0.0466. The molecule has 1 aliphatic heterocycles. The minimum atomic E-state index is -0.311. The van der Waals surface area contributed by atoms with Gasteiger partial charge in [-0.3, -0.25) is 4.98 Å². The molecule has 0 saturated carbocycles. The monoisotopic (exact) mass is 393 g/mol. The fourth-order valence-corrected chi connectivity index (χ4v) is 2.93. The van der Waals surface area contributed by atoms with Crippen molar-refractivity contribution in [2.75, 3.05) is 13.2 Å². The van der Waals surface area contributed by atoms with Gasteiger partial charge in [0.15, 0.2) is 6.29 Å². The van der Waals surface area contributed by atoms with Crippen LogP contribution < -0.4 is 0 Å². The van der Waals surface area contributed by atoms with Crippen molar-refractivity contribution in [3.05, 3.63) is 42.0 Å². The highest BCUT2D eigenvalue weighted by Gasteiger charge is 2.28. The lowest BCUT2D eigenvalue weighted by molar-refractivity contribution is -0.227. The molecular formula is C20H23N7O2. The first kappa shape index (κ1) is 19.2. The van der Waals surface area contributed by atoms with Crippen LogP contribution in [-0.2, 0) is 22.6 Å². The standard InChI is InChI=1S/C20H23N7O2/c1-15-9-16(5-4-7-26-8-6-22-24-26)10-21-19(15)17-11-27(25-23-17)12-18-28-13-20(2,3)14-29-18/h6,8-11,18H,7,12-14H2,1-3H3. The molecule has 4 rings (SSSR count). The van der Waals surface area contributed by atoms with Gasteiger partial charge in [-0.1, -0.05) is 36.1 Å². The topological polar surface area (TPSA) is 92.8 Å². The van der Waals surface area contributed by atoms with Gasteiger partial charge < -0.3 is 9.47 Å². The van der Waals surface area contributed by atoms with Gasteiger partial charge in [0.2, 0.25) is 0 Å². The summed E-state index contributed by atoms with van der Waals surface area (Å²) in [5, 5.41) is 16.1. The summed E-state index contributed by atoms with van der Waals surface area (Å²) in [5.74, 6) is 6.15. The quantitative estimate of drug-likeness (QED) is 0.623. The summed E-state index contributed by atoms with van der Waals surface area (Å²) >= 11 is 0. The number of aromatic nitrogens is 7. The van der Waals surface area contributed by atoms with E-state index in [-0.39, 0.29) is 11.7 Å². The number of nitrogens with zero attached hydrogens (tertiary/aromatic N) is 7. The normalized spacial score (nSPS) is 16.4.